The van der Waals surface area contributed by atoms with Gasteiger partial charge in [-0.2, -0.15) is 0 Å². The van der Waals surface area contributed by atoms with Crippen molar-refractivity contribution in [3.8, 4) is 0 Å². The van der Waals surface area contributed by atoms with Crippen molar-refractivity contribution in [2.75, 3.05) is 0 Å². The molecule has 0 bridgehead atoms. The molecule has 0 radical (unpaired) electrons. The third-order valence-corrected chi connectivity index (χ3v) is 6.85. The lowest BCUT2D eigenvalue weighted by Gasteiger charge is -2.16. The number of aliphatic carboxylic acids is 1. The molecule has 0 aliphatic heterocycles. The standard InChI is InChI=1S/C30H59NO3/c1-4-5-6-7-8-9-10-11-12-13-14-15-16-17-18-19-20-21-22-23-24-25-29(32)31-28(30(33)34)26-27(2)3/h27-28H,4-26H2,1-3H3,(H,31,32)(H,33,34)/t28-/m0/s1. The highest BCUT2D eigenvalue weighted by atomic mass is 16.4. The lowest BCUT2D eigenvalue weighted by atomic mass is 10.0. The number of nitrogens with one attached hydrogen (secondary N) is 1. The van der Waals surface area contributed by atoms with Crippen molar-refractivity contribution in [3.05, 3.63) is 0 Å². The van der Waals surface area contributed by atoms with Crippen LogP contribution in [0.15, 0.2) is 0 Å². The normalized spacial score (nSPS) is 12.2. The molecule has 0 aromatic heterocycles. The molecule has 1 amide bonds. The zero-order valence-corrected chi connectivity index (χ0v) is 23.2. The number of unbranched alkanes of at least 4 members (excludes halogenated alkanes) is 20. The summed E-state index contributed by atoms with van der Waals surface area (Å²) in [5.74, 6) is -0.794. The van der Waals surface area contributed by atoms with Crippen molar-refractivity contribution in [1.29, 1.82) is 0 Å². The van der Waals surface area contributed by atoms with Crippen LogP contribution in [0.5, 0.6) is 0 Å². The lowest BCUT2D eigenvalue weighted by molar-refractivity contribution is -0.142. The van der Waals surface area contributed by atoms with Crippen molar-refractivity contribution in [2.24, 2.45) is 5.92 Å². The molecule has 0 heterocycles. The third kappa shape index (κ3) is 24.1. The Morgan fingerprint density at radius 2 is 0.912 bits per heavy atom. The molecule has 1 atom stereocenters. The number of carbonyl (C=O) groups is 2. The van der Waals surface area contributed by atoms with Crippen LogP contribution < -0.4 is 5.32 Å². The van der Waals surface area contributed by atoms with E-state index in [0.717, 1.165) is 12.8 Å². The molecule has 0 aliphatic carbocycles. The molecule has 0 aromatic carbocycles. The molecule has 0 spiro atoms. The first kappa shape index (κ1) is 32.9. The van der Waals surface area contributed by atoms with Crippen molar-refractivity contribution < 1.29 is 14.7 Å². The predicted octanol–water partition coefficient (Wildman–Crippen LogP) is 9.20. The van der Waals surface area contributed by atoms with Crippen molar-refractivity contribution in [1.82, 2.24) is 5.32 Å². The summed E-state index contributed by atoms with van der Waals surface area (Å²) in [6, 6.07) is -0.748. The van der Waals surface area contributed by atoms with E-state index in [9.17, 15) is 14.7 Å². The van der Waals surface area contributed by atoms with Crippen LogP contribution in [0.2, 0.25) is 0 Å². The highest BCUT2D eigenvalue weighted by Gasteiger charge is 2.20. The Hall–Kier alpha value is -1.06. The van der Waals surface area contributed by atoms with Gasteiger partial charge in [-0.25, -0.2) is 4.79 Å². The molecule has 202 valence electrons. The molecule has 0 aromatic rings. The van der Waals surface area contributed by atoms with E-state index in [-0.39, 0.29) is 11.8 Å². The molecule has 0 fully saturated rings. The molecule has 0 saturated carbocycles. The number of rotatable bonds is 26. The minimum Gasteiger partial charge on any atom is -0.480 e. The first-order valence-electron chi connectivity index (χ1n) is 15.0. The number of hydrogen-bond acceptors (Lipinski definition) is 2. The van der Waals surface area contributed by atoms with Gasteiger partial charge >= 0.3 is 5.97 Å². The minimum atomic E-state index is -0.930. The summed E-state index contributed by atoms with van der Waals surface area (Å²) in [5.41, 5.74) is 0. The monoisotopic (exact) mass is 481 g/mol. The molecule has 2 N–H and O–H groups in total. The van der Waals surface area contributed by atoms with E-state index in [1.165, 1.54) is 122 Å². The van der Waals surface area contributed by atoms with E-state index in [1.807, 2.05) is 13.8 Å². The Labute approximate surface area is 212 Å². The summed E-state index contributed by atoms with van der Waals surface area (Å²) < 4.78 is 0. The van der Waals surface area contributed by atoms with E-state index >= 15 is 0 Å². The smallest absolute Gasteiger partial charge is 0.326 e. The van der Waals surface area contributed by atoms with E-state index in [1.54, 1.807) is 0 Å². The Morgan fingerprint density at radius 1 is 0.588 bits per heavy atom. The zero-order chi connectivity index (χ0) is 25.3. The van der Waals surface area contributed by atoms with Gasteiger partial charge in [0, 0.05) is 6.42 Å². The van der Waals surface area contributed by atoms with Gasteiger partial charge < -0.3 is 10.4 Å². The summed E-state index contributed by atoms with van der Waals surface area (Å²) in [6.07, 6.45) is 29.2. The Balaban J connectivity index is 3.29. The molecule has 0 rings (SSSR count). The molecular weight excluding hydrogens is 422 g/mol. The van der Waals surface area contributed by atoms with Crippen LogP contribution in [0.4, 0.5) is 0 Å². The van der Waals surface area contributed by atoms with Crippen LogP contribution in [0, 0.1) is 5.92 Å². The average Bonchev–Trinajstić information content (AvgIpc) is 2.79. The first-order valence-corrected chi connectivity index (χ1v) is 15.0. The second kappa shape index (κ2) is 25.0. The van der Waals surface area contributed by atoms with Gasteiger partial charge in [-0.05, 0) is 18.8 Å². The van der Waals surface area contributed by atoms with Gasteiger partial charge in [0.05, 0.1) is 0 Å². The largest absolute Gasteiger partial charge is 0.480 e. The van der Waals surface area contributed by atoms with Crippen molar-refractivity contribution in [2.45, 2.75) is 174 Å². The molecule has 4 heteroatoms. The van der Waals surface area contributed by atoms with Gasteiger partial charge in [-0.1, -0.05) is 149 Å². The van der Waals surface area contributed by atoms with Gasteiger partial charge in [-0.15, -0.1) is 0 Å². The fourth-order valence-electron chi connectivity index (χ4n) is 4.68. The van der Waals surface area contributed by atoms with Crippen LogP contribution >= 0.6 is 0 Å². The van der Waals surface area contributed by atoms with E-state index in [2.05, 4.69) is 12.2 Å². The Kier molecular flexibility index (Phi) is 24.3. The second-order valence-electron chi connectivity index (χ2n) is 10.9. The van der Waals surface area contributed by atoms with Crippen LogP contribution in [0.25, 0.3) is 0 Å². The van der Waals surface area contributed by atoms with Crippen molar-refractivity contribution >= 4 is 11.9 Å². The Bertz CT molecular complexity index is 464. The lowest BCUT2D eigenvalue weighted by Crippen LogP contribution is -2.41. The van der Waals surface area contributed by atoms with Gasteiger partial charge in [0.25, 0.3) is 0 Å². The van der Waals surface area contributed by atoms with Gasteiger partial charge in [0.15, 0.2) is 0 Å². The summed E-state index contributed by atoms with van der Waals surface area (Å²) in [7, 11) is 0. The average molecular weight is 482 g/mol. The van der Waals surface area contributed by atoms with Crippen molar-refractivity contribution in [3.63, 3.8) is 0 Å². The highest BCUT2D eigenvalue weighted by molar-refractivity contribution is 5.83. The molecule has 34 heavy (non-hydrogen) atoms. The van der Waals surface area contributed by atoms with Gasteiger partial charge in [0.2, 0.25) is 5.91 Å². The molecule has 0 aliphatic rings. The van der Waals surface area contributed by atoms with Crippen LogP contribution in [-0.2, 0) is 9.59 Å². The number of hydrogen-bond donors (Lipinski definition) is 2. The fraction of sp³-hybridized carbons (Fsp3) is 0.933. The maximum atomic E-state index is 12.0. The predicted molar refractivity (Wildman–Crippen MR) is 146 cm³/mol. The molecular formula is C30H59NO3. The first-order chi connectivity index (χ1) is 16.5. The number of carbonyl (C=O) groups excluding carboxylic acids is 1. The maximum Gasteiger partial charge on any atom is 0.326 e. The van der Waals surface area contributed by atoms with E-state index < -0.39 is 12.0 Å². The van der Waals surface area contributed by atoms with Crippen LogP contribution in [-0.4, -0.2) is 23.0 Å². The number of carboxylic acid groups (broad SMARTS) is 1. The summed E-state index contributed by atoms with van der Waals surface area (Å²) in [6.45, 7) is 6.23. The summed E-state index contributed by atoms with van der Waals surface area (Å²) in [4.78, 5) is 23.2. The highest BCUT2D eigenvalue weighted by Crippen LogP contribution is 2.15. The second-order valence-corrected chi connectivity index (χ2v) is 10.9. The molecule has 0 unspecified atom stereocenters. The number of amides is 1. The maximum absolute atomic E-state index is 12.0. The fourth-order valence-corrected chi connectivity index (χ4v) is 4.68. The zero-order valence-electron chi connectivity index (χ0n) is 23.2. The van der Waals surface area contributed by atoms with E-state index in [4.69, 9.17) is 0 Å². The Morgan fingerprint density at radius 3 is 1.21 bits per heavy atom. The topological polar surface area (TPSA) is 66.4 Å². The summed E-state index contributed by atoms with van der Waals surface area (Å²) >= 11 is 0. The van der Waals surface area contributed by atoms with E-state index in [0.29, 0.717) is 12.8 Å². The molecule has 0 saturated heterocycles. The van der Waals surface area contributed by atoms with Crippen LogP contribution in [0.1, 0.15) is 168 Å². The van der Waals surface area contributed by atoms with Gasteiger partial charge in [-0.3, -0.25) is 4.79 Å². The molecule has 4 nitrogen and oxygen atoms in total. The SMILES string of the molecule is CCCCCCCCCCCCCCCCCCCCCCCC(=O)N[C@@H](CC(C)C)C(=O)O. The number of carboxylic acids is 1. The van der Waals surface area contributed by atoms with Gasteiger partial charge in [0.1, 0.15) is 6.04 Å². The quantitative estimate of drug-likeness (QED) is 0.121. The third-order valence-electron chi connectivity index (χ3n) is 6.85. The minimum absolute atomic E-state index is 0.120. The summed E-state index contributed by atoms with van der Waals surface area (Å²) in [5, 5.41) is 11.9. The van der Waals surface area contributed by atoms with Crippen LogP contribution in [0.3, 0.4) is 0 Å².